The molecule has 0 unspecified atom stereocenters. The summed E-state index contributed by atoms with van der Waals surface area (Å²) in [6.07, 6.45) is 8.18. The third-order valence-corrected chi connectivity index (χ3v) is 8.54. The Hall–Kier alpha value is -0.923. The van der Waals surface area contributed by atoms with E-state index in [1.54, 1.807) is 21.3 Å². The van der Waals surface area contributed by atoms with Crippen LogP contribution in [0, 0.1) is 0 Å². The average Bonchev–Trinajstić information content (AvgIpc) is 2.76. The topological polar surface area (TPSA) is 46.2 Å². The van der Waals surface area contributed by atoms with Gasteiger partial charge in [0.1, 0.15) is 5.75 Å². The van der Waals surface area contributed by atoms with E-state index in [9.17, 15) is 0 Å². The molecular formula is C22H38O5Si. The van der Waals surface area contributed by atoms with Crippen molar-refractivity contribution in [2.75, 3.05) is 34.5 Å². The molecule has 0 saturated heterocycles. The predicted octanol–water partition coefficient (Wildman–Crippen LogP) is 5.18. The standard InChI is InChI=1S/C22H38O5Si/c1-5-6-16-26-21-12-8-19(9-13-21)20-10-14-22(15-11-20)27-17-7-18-28(23-2,24-3)25-4/h8-9,12-13,20,22H,5-7,10-11,14-18H2,1-4H3/t20-,22-. The monoisotopic (exact) mass is 410 g/mol. The fraction of sp³-hybridized carbons (Fsp3) is 0.727. The van der Waals surface area contributed by atoms with Crippen molar-refractivity contribution in [3.63, 3.8) is 0 Å². The molecule has 1 aliphatic carbocycles. The normalized spacial score (nSPS) is 20.3. The van der Waals surface area contributed by atoms with Crippen molar-refractivity contribution < 1.29 is 22.8 Å². The number of hydrogen-bond acceptors (Lipinski definition) is 5. The maximum atomic E-state index is 6.11. The summed E-state index contributed by atoms with van der Waals surface area (Å²) >= 11 is 0. The molecule has 1 aliphatic rings. The van der Waals surface area contributed by atoms with E-state index in [1.807, 2.05) is 0 Å². The largest absolute Gasteiger partial charge is 0.500 e. The van der Waals surface area contributed by atoms with Gasteiger partial charge in [-0.1, -0.05) is 25.5 Å². The molecule has 1 fully saturated rings. The highest BCUT2D eigenvalue weighted by atomic mass is 28.4. The van der Waals surface area contributed by atoms with E-state index in [2.05, 4.69) is 31.2 Å². The van der Waals surface area contributed by atoms with Crippen LogP contribution in [0.3, 0.4) is 0 Å². The van der Waals surface area contributed by atoms with E-state index in [0.717, 1.165) is 57.1 Å². The molecule has 0 radical (unpaired) electrons. The Morgan fingerprint density at radius 3 is 2.07 bits per heavy atom. The van der Waals surface area contributed by atoms with Crippen molar-refractivity contribution in [3.05, 3.63) is 29.8 Å². The van der Waals surface area contributed by atoms with Crippen molar-refractivity contribution in [2.45, 2.75) is 69.9 Å². The van der Waals surface area contributed by atoms with Crippen LogP contribution in [-0.4, -0.2) is 49.5 Å². The molecule has 0 aliphatic heterocycles. The van der Waals surface area contributed by atoms with Gasteiger partial charge in [0.05, 0.1) is 12.7 Å². The van der Waals surface area contributed by atoms with Crippen LogP contribution in [0.25, 0.3) is 0 Å². The number of benzene rings is 1. The number of rotatable bonds is 13. The van der Waals surface area contributed by atoms with Crippen LogP contribution in [-0.2, 0) is 18.0 Å². The first-order chi connectivity index (χ1) is 13.7. The van der Waals surface area contributed by atoms with Gasteiger partial charge in [0.15, 0.2) is 0 Å². The van der Waals surface area contributed by atoms with E-state index in [-0.39, 0.29) is 0 Å². The van der Waals surface area contributed by atoms with E-state index in [4.69, 9.17) is 22.8 Å². The molecule has 0 amide bonds. The van der Waals surface area contributed by atoms with Crippen molar-refractivity contribution in [2.24, 2.45) is 0 Å². The van der Waals surface area contributed by atoms with Crippen LogP contribution in [0.1, 0.15) is 63.4 Å². The fourth-order valence-electron chi connectivity index (χ4n) is 3.83. The van der Waals surface area contributed by atoms with Crippen LogP contribution >= 0.6 is 0 Å². The zero-order valence-electron chi connectivity index (χ0n) is 18.1. The molecule has 0 spiro atoms. The summed E-state index contributed by atoms with van der Waals surface area (Å²) in [7, 11) is 2.51. The van der Waals surface area contributed by atoms with Gasteiger partial charge in [-0.3, -0.25) is 0 Å². The molecule has 1 aromatic carbocycles. The van der Waals surface area contributed by atoms with Crippen LogP contribution in [0.4, 0.5) is 0 Å². The minimum absolute atomic E-state index is 0.372. The highest BCUT2D eigenvalue weighted by molar-refractivity contribution is 6.60. The van der Waals surface area contributed by atoms with Crippen molar-refractivity contribution in [1.82, 2.24) is 0 Å². The summed E-state index contributed by atoms with van der Waals surface area (Å²) in [6.45, 7) is 3.73. The predicted molar refractivity (Wildman–Crippen MR) is 114 cm³/mol. The van der Waals surface area contributed by atoms with Gasteiger partial charge >= 0.3 is 8.80 Å². The number of unbranched alkanes of at least 4 members (excludes halogenated alkanes) is 1. The van der Waals surface area contributed by atoms with Gasteiger partial charge in [-0.15, -0.1) is 0 Å². The van der Waals surface area contributed by atoms with Crippen LogP contribution in [0.2, 0.25) is 6.04 Å². The fourth-order valence-corrected chi connectivity index (χ4v) is 5.52. The summed E-state index contributed by atoms with van der Waals surface area (Å²) in [5, 5.41) is 0. The minimum Gasteiger partial charge on any atom is -0.494 e. The lowest BCUT2D eigenvalue weighted by atomic mass is 9.83. The van der Waals surface area contributed by atoms with Gasteiger partial charge in [-0.05, 0) is 62.1 Å². The lowest BCUT2D eigenvalue weighted by Crippen LogP contribution is -2.42. The van der Waals surface area contributed by atoms with Crippen molar-refractivity contribution in [1.29, 1.82) is 0 Å². The molecule has 28 heavy (non-hydrogen) atoms. The molecule has 2 rings (SSSR count). The first-order valence-corrected chi connectivity index (χ1v) is 12.6. The quantitative estimate of drug-likeness (QED) is 0.331. The van der Waals surface area contributed by atoms with Crippen molar-refractivity contribution >= 4 is 8.80 Å². The summed E-state index contributed by atoms with van der Waals surface area (Å²) in [4.78, 5) is 0. The minimum atomic E-state index is -2.47. The first kappa shape index (κ1) is 23.4. The molecule has 0 atom stereocenters. The Kier molecular flexibility index (Phi) is 10.5. The Labute approximate surface area is 172 Å². The molecule has 1 saturated carbocycles. The van der Waals surface area contributed by atoms with Gasteiger partial charge in [0.2, 0.25) is 0 Å². The molecule has 1 aromatic rings. The van der Waals surface area contributed by atoms with Gasteiger partial charge in [-0.25, -0.2) is 0 Å². The van der Waals surface area contributed by atoms with E-state index in [1.165, 1.54) is 18.4 Å². The van der Waals surface area contributed by atoms with Crippen LogP contribution in [0.15, 0.2) is 24.3 Å². The second-order valence-electron chi connectivity index (χ2n) is 7.51. The first-order valence-electron chi connectivity index (χ1n) is 10.7. The van der Waals surface area contributed by atoms with Gasteiger partial charge < -0.3 is 22.8 Å². The van der Waals surface area contributed by atoms with Gasteiger partial charge in [0.25, 0.3) is 0 Å². The maximum absolute atomic E-state index is 6.11. The highest BCUT2D eigenvalue weighted by Crippen LogP contribution is 2.34. The van der Waals surface area contributed by atoms with E-state index >= 15 is 0 Å². The smallest absolute Gasteiger partial charge is 0.494 e. The Bertz CT molecular complexity index is 516. The van der Waals surface area contributed by atoms with Gasteiger partial charge in [-0.2, -0.15) is 0 Å². The second kappa shape index (κ2) is 12.6. The summed E-state index contributed by atoms with van der Waals surface area (Å²) in [5.74, 6) is 1.62. The lowest BCUT2D eigenvalue weighted by molar-refractivity contribution is 0.0225. The third-order valence-electron chi connectivity index (χ3n) is 5.71. The SMILES string of the molecule is CCCCOc1ccc([C@H]2CC[C@H](OCCC[Si](OC)(OC)OC)CC2)cc1. The number of hydrogen-bond donors (Lipinski definition) is 0. The summed E-state index contributed by atoms with van der Waals surface area (Å²) in [6, 6.07) is 9.49. The number of ether oxygens (including phenoxy) is 2. The van der Waals surface area contributed by atoms with E-state index < -0.39 is 8.80 Å². The molecule has 0 N–H and O–H groups in total. The Balaban J connectivity index is 1.67. The van der Waals surface area contributed by atoms with E-state index in [0.29, 0.717) is 12.0 Å². The zero-order chi connectivity index (χ0) is 20.2. The zero-order valence-corrected chi connectivity index (χ0v) is 19.1. The molecule has 0 heterocycles. The maximum Gasteiger partial charge on any atom is 0.500 e. The average molecular weight is 411 g/mol. The Morgan fingerprint density at radius 2 is 1.50 bits per heavy atom. The molecule has 160 valence electrons. The lowest BCUT2D eigenvalue weighted by Gasteiger charge is -2.29. The van der Waals surface area contributed by atoms with Crippen LogP contribution in [0.5, 0.6) is 5.75 Å². The van der Waals surface area contributed by atoms with Crippen molar-refractivity contribution in [3.8, 4) is 5.75 Å². The van der Waals surface area contributed by atoms with Crippen LogP contribution < -0.4 is 4.74 Å². The third kappa shape index (κ3) is 7.15. The molecule has 5 nitrogen and oxygen atoms in total. The Morgan fingerprint density at radius 1 is 0.857 bits per heavy atom. The summed E-state index contributed by atoms with van der Waals surface area (Å²) < 4.78 is 28.2. The molecule has 0 bridgehead atoms. The summed E-state index contributed by atoms with van der Waals surface area (Å²) in [5.41, 5.74) is 1.43. The second-order valence-corrected chi connectivity index (χ2v) is 10.6. The van der Waals surface area contributed by atoms with Gasteiger partial charge in [0, 0.05) is 34.0 Å². The molecule has 6 heteroatoms. The molecular weight excluding hydrogens is 372 g/mol. The highest BCUT2D eigenvalue weighted by Gasteiger charge is 2.37. The molecule has 0 aromatic heterocycles.